The van der Waals surface area contributed by atoms with Crippen molar-refractivity contribution >= 4 is 16.9 Å². The van der Waals surface area contributed by atoms with Gasteiger partial charge in [-0.25, -0.2) is 0 Å². The molecule has 6 nitrogen and oxygen atoms in total. The first kappa shape index (κ1) is 16.8. The van der Waals surface area contributed by atoms with Crippen molar-refractivity contribution in [3.05, 3.63) is 53.5 Å². The zero-order chi connectivity index (χ0) is 18.1. The van der Waals surface area contributed by atoms with E-state index in [4.69, 9.17) is 4.42 Å². The normalized spacial score (nSPS) is 16.2. The topological polar surface area (TPSA) is 54.5 Å². The highest BCUT2D eigenvalue weighted by Gasteiger charge is 2.23. The molecule has 0 aliphatic carbocycles. The number of hydrogen-bond donors (Lipinski definition) is 0. The minimum atomic E-state index is 0.0271. The largest absolute Gasteiger partial charge is 0.460 e. The Kier molecular flexibility index (Phi) is 4.51. The maximum absolute atomic E-state index is 12.7. The van der Waals surface area contributed by atoms with Gasteiger partial charge < -0.3 is 9.32 Å². The van der Waals surface area contributed by atoms with Gasteiger partial charge in [0.2, 0.25) is 0 Å². The van der Waals surface area contributed by atoms with Crippen LogP contribution in [0.5, 0.6) is 0 Å². The van der Waals surface area contributed by atoms with Crippen LogP contribution in [0.15, 0.2) is 40.8 Å². The summed E-state index contributed by atoms with van der Waals surface area (Å²) in [5.74, 6) is 1.01. The number of furan rings is 1. The van der Waals surface area contributed by atoms with Crippen molar-refractivity contribution < 1.29 is 9.21 Å². The van der Waals surface area contributed by atoms with E-state index >= 15 is 0 Å². The van der Waals surface area contributed by atoms with Crippen LogP contribution in [0.25, 0.3) is 11.0 Å². The van der Waals surface area contributed by atoms with E-state index in [1.807, 2.05) is 43.1 Å². The summed E-state index contributed by atoms with van der Waals surface area (Å²) in [6.45, 7) is 6.02. The molecular weight excluding hydrogens is 328 g/mol. The van der Waals surface area contributed by atoms with E-state index in [2.05, 4.69) is 22.1 Å². The Labute approximate surface area is 153 Å². The number of aryl methyl sites for hydroxylation is 2. The molecule has 0 unspecified atom stereocenters. The summed E-state index contributed by atoms with van der Waals surface area (Å²) in [7, 11) is 1.86. The number of carbonyl (C=O) groups is 1. The number of fused-ring (bicyclic) bond motifs is 1. The quantitative estimate of drug-likeness (QED) is 0.727. The molecule has 26 heavy (non-hydrogen) atoms. The molecule has 0 N–H and O–H groups in total. The lowest BCUT2D eigenvalue weighted by atomic mass is 10.2. The van der Waals surface area contributed by atoms with Crippen LogP contribution in [-0.2, 0) is 13.6 Å². The van der Waals surface area contributed by atoms with Crippen molar-refractivity contribution in [2.24, 2.45) is 7.05 Å². The Balaban J connectivity index is 1.40. The third kappa shape index (κ3) is 3.37. The molecule has 3 heterocycles. The Bertz CT molecular complexity index is 874. The summed E-state index contributed by atoms with van der Waals surface area (Å²) >= 11 is 0. The van der Waals surface area contributed by atoms with Crippen LogP contribution in [0, 0.1) is 6.92 Å². The maximum atomic E-state index is 12.7. The van der Waals surface area contributed by atoms with E-state index in [9.17, 15) is 4.79 Å². The van der Waals surface area contributed by atoms with Gasteiger partial charge in [0.05, 0.1) is 6.54 Å². The number of aromatic nitrogens is 2. The predicted molar refractivity (Wildman–Crippen MR) is 100.0 cm³/mol. The van der Waals surface area contributed by atoms with Gasteiger partial charge in [-0.3, -0.25) is 14.4 Å². The van der Waals surface area contributed by atoms with Gasteiger partial charge in [0.15, 0.2) is 5.69 Å². The molecule has 2 aromatic heterocycles. The smallest absolute Gasteiger partial charge is 0.274 e. The Morgan fingerprint density at radius 1 is 1.15 bits per heavy atom. The van der Waals surface area contributed by atoms with E-state index < -0.39 is 0 Å². The molecule has 1 amide bonds. The monoisotopic (exact) mass is 352 g/mol. The molecule has 0 spiro atoms. The van der Waals surface area contributed by atoms with Gasteiger partial charge in [-0.2, -0.15) is 5.10 Å². The molecule has 1 aliphatic rings. The van der Waals surface area contributed by atoms with Gasteiger partial charge in [-0.05, 0) is 31.5 Å². The van der Waals surface area contributed by atoms with Gasteiger partial charge in [-0.15, -0.1) is 0 Å². The number of hydrogen-bond acceptors (Lipinski definition) is 4. The standard InChI is InChI=1S/C20H24N4O2/c1-15-12-18(21-22(15)2)20(25)24-9-5-8-23(10-11-24)14-17-13-16-6-3-4-7-19(16)26-17/h3-4,6-7,12-13H,5,8-11,14H2,1-2H3. The van der Waals surface area contributed by atoms with Gasteiger partial charge in [0, 0.05) is 44.3 Å². The second kappa shape index (κ2) is 6.96. The Morgan fingerprint density at radius 3 is 2.77 bits per heavy atom. The molecule has 0 radical (unpaired) electrons. The number of nitrogens with zero attached hydrogens (tertiary/aromatic N) is 4. The zero-order valence-corrected chi connectivity index (χ0v) is 15.3. The molecule has 1 aromatic carbocycles. The Morgan fingerprint density at radius 2 is 2.00 bits per heavy atom. The first-order chi connectivity index (χ1) is 12.6. The van der Waals surface area contributed by atoms with Crippen LogP contribution in [0.4, 0.5) is 0 Å². The Hall–Kier alpha value is -2.60. The fourth-order valence-corrected chi connectivity index (χ4v) is 3.49. The highest BCUT2D eigenvalue weighted by atomic mass is 16.3. The lowest BCUT2D eigenvalue weighted by Crippen LogP contribution is -2.35. The van der Waals surface area contributed by atoms with Crippen LogP contribution >= 0.6 is 0 Å². The van der Waals surface area contributed by atoms with Crippen LogP contribution in [0.1, 0.15) is 28.4 Å². The average Bonchev–Trinajstić information content (AvgIpc) is 3.10. The van der Waals surface area contributed by atoms with Crippen molar-refractivity contribution in [3.8, 4) is 0 Å². The molecule has 6 heteroatoms. The van der Waals surface area contributed by atoms with Gasteiger partial charge >= 0.3 is 0 Å². The first-order valence-electron chi connectivity index (χ1n) is 9.10. The minimum absolute atomic E-state index is 0.0271. The fraction of sp³-hybridized carbons (Fsp3) is 0.400. The molecular formula is C20H24N4O2. The van der Waals surface area contributed by atoms with Crippen molar-refractivity contribution in [2.45, 2.75) is 19.9 Å². The van der Waals surface area contributed by atoms with E-state index in [0.29, 0.717) is 12.2 Å². The van der Waals surface area contributed by atoms with Gasteiger partial charge in [0.1, 0.15) is 11.3 Å². The van der Waals surface area contributed by atoms with E-state index in [1.54, 1.807) is 4.68 Å². The van der Waals surface area contributed by atoms with Crippen LogP contribution in [-0.4, -0.2) is 51.7 Å². The average molecular weight is 352 g/mol. The molecule has 3 aromatic rings. The summed E-state index contributed by atoms with van der Waals surface area (Å²) in [5, 5.41) is 5.46. The van der Waals surface area contributed by atoms with E-state index in [-0.39, 0.29) is 5.91 Å². The molecule has 0 bridgehead atoms. The lowest BCUT2D eigenvalue weighted by molar-refractivity contribution is 0.0754. The lowest BCUT2D eigenvalue weighted by Gasteiger charge is -2.20. The summed E-state index contributed by atoms with van der Waals surface area (Å²) in [4.78, 5) is 17.0. The van der Waals surface area contributed by atoms with Crippen LogP contribution in [0.2, 0.25) is 0 Å². The van der Waals surface area contributed by atoms with Crippen LogP contribution in [0.3, 0.4) is 0 Å². The van der Waals surface area contributed by atoms with Crippen molar-refractivity contribution in [3.63, 3.8) is 0 Å². The van der Waals surface area contributed by atoms with Crippen molar-refractivity contribution in [2.75, 3.05) is 26.2 Å². The predicted octanol–water partition coefficient (Wildman–Crippen LogP) is 2.82. The van der Waals surface area contributed by atoms with Gasteiger partial charge in [-0.1, -0.05) is 18.2 Å². The van der Waals surface area contributed by atoms with Crippen molar-refractivity contribution in [1.29, 1.82) is 0 Å². The van der Waals surface area contributed by atoms with Crippen LogP contribution < -0.4 is 0 Å². The van der Waals surface area contributed by atoms with E-state index in [0.717, 1.165) is 55.0 Å². The number of carbonyl (C=O) groups excluding carboxylic acids is 1. The molecule has 1 fully saturated rings. The zero-order valence-electron chi connectivity index (χ0n) is 15.3. The van der Waals surface area contributed by atoms with Crippen molar-refractivity contribution in [1.82, 2.24) is 19.6 Å². The molecule has 0 atom stereocenters. The highest BCUT2D eigenvalue weighted by molar-refractivity contribution is 5.92. The highest BCUT2D eigenvalue weighted by Crippen LogP contribution is 2.20. The summed E-state index contributed by atoms with van der Waals surface area (Å²) in [5.41, 5.74) is 2.46. The molecule has 1 aliphatic heterocycles. The number of rotatable bonds is 3. The number of para-hydroxylation sites is 1. The summed E-state index contributed by atoms with van der Waals surface area (Å²) in [6, 6.07) is 12.1. The first-order valence-corrected chi connectivity index (χ1v) is 9.10. The number of amides is 1. The minimum Gasteiger partial charge on any atom is -0.460 e. The summed E-state index contributed by atoms with van der Waals surface area (Å²) < 4.78 is 7.69. The second-order valence-electron chi connectivity index (χ2n) is 6.97. The van der Waals surface area contributed by atoms with E-state index in [1.165, 1.54) is 0 Å². The molecule has 136 valence electrons. The SMILES string of the molecule is Cc1cc(C(=O)N2CCCN(Cc3cc4ccccc4o3)CC2)nn1C. The van der Waals surface area contributed by atoms with Gasteiger partial charge in [0.25, 0.3) is 5.91 Å². The third-order valence-corrected chi connectivity index (χ3v) is 5.06. The maximum Gasteiger partial charge on any atom is 0.274 e. The molecule has 4 rings (SSSR count). The fourth-order valence-electron chi connectivity index (χ4n) is 3.49. The summed E-state index contributed by atoms with van der Waals surface area (Å²) in [6.07, 6.45) is 0.956. The second-order valence-corrected chi connectivity index (χ2v) is 6.97. The molecule has 0 saturated carbocycles. The third-order valence-electron chi connectivity index (χ3n) is 5.06. The number of benzene rings is 1. The molecule has 1 saturated heterocycles.